The molecule has 0 aliphatic heterocycles. The Hall–Kier alpha value is -0.590. The molecule has 1 heteroatoms. The monoisotopic (exact) mass is 286 g/mol. The second-order valence-corrected chi connectivity index (χ2v) is 9.48. The number of hydrogen-bond donors (Lipinski definition) is 0. The molecule has 4 saturated carbocycles. The van der Waals surface area contributed by atoms with Gasteiger partial charge in [0.05, 0.1) is 0 Å². The lowest BCUT2D eigenvalue weighted by atomic mass is 9.41. The zero-order valence-corrected chi connectivity index (χ0v) is 14.0. The van der Waals surface area contributed by atoms with Crippen LogP contribution in [0.15, 0.2) is 12.2 Å². The highest BCUT2D eigenvalue weighted by Gasteiger charge is 2.66. The molecule has 4 rings (SSSR count). The third-order valence-corrected chi connectivity index (χ3v) is 8.27. The summed E-state index contributed by atoms with van der Waals surface area (Å²) in [6.07, 6.45) is 10.1. The Labute approximate surface area is 129 Å². The number of Topliss-reactive ketones (excluding diaryl/α,β-unsaturated/α-hetero) is 1. The molecule has 1 spiro atoms. The van der Waals surface area contributed by atoms with Gasteiger partial charge in [0.1, 0.15) is 0 Å². The van der Waals surface area contributed by atoms with Crippen molar-refractivity contribution in [3.05, 3.63) is 12.2 Å². The molecule has 0 aromatic rings. The summed E-state index contributed by atoms with van der Waals surface area (Å²) in [6, 6.07) is 0. The van der Waals surface area contributed by atoms with Crippen LogP contribution in [-0.4, -0.2) is 5.78 Å². The molecule has 21 heavy (non-hydrogen) atoms. The Morgan fingerprint density at radius 1 is 1.00 bits per heavy atom. The van der Waals surface area contributed by atoms with Gasteiger partial charge in [0, 0.05) is 5.41 Å². The summed E-state index contributed by atoms with van der Waals surface area (Å²) in [5.74, 6) is 2.43. The normalized spacial score (nSPS) is 51.5. The quantitative estimate of drug-likeness (QED) is 0.562. The van der Waals surface area contributed by atoms with Crippen LogP contribution in [0.4, 0.5) is 0 Å². The van der Waals surface area contributed by atoms with E-state index in [0.29, 0.717) is 28.4 Å². The van der Waals surface area contributed by atoms with E-state index in [2.05, 4.69) is 27.4 Å². The molecule has 116 valence electrons. The van der Waals surface area contributed by atoms with Crippen molar-refractivity contribution >= 4 is 5.78 Å². The minimum absolute atomic E-state index is 0.00132. The lowest BCUT2D eigenvalue weighted by Gasteiger charge is -2.63. The topological polar surface area (TPSA) is 17.1 Å². The van der Waals surface area contributed by atoms with E-state index in [-0.39, 0.29) is 5.41 Å². The van der Waals surface area contributed by atoms with Crippen LogP contribution in [0.1, 0.15) is 72.1 Å². The maximum Gasteiger partial charge on any atom is 0.165 e. The number of carbonyl (C=O) groups is 1. The van der Waals surface area contributed by atoms with E-state index in [1.54, 1.807) is 0 Å². The first kappa shape index (κ1) is 14.0. The highest BCUT2D eigenvalue weighted by atomic mass is 16.1. The van der Waals surface area contributed by atoms with Gasteiger partial charge in [-0.15, -0.1) is 0 Å². The molecule has 4 aliphatic carbocycles. The lowest BCUT2D eigenvalue weighted by Crippen LogP contribution is -2.57. The van der Waals surface area contributed by atoms with Crippen LogP contribution in [-0.2, 0) is 4.79 Å². The van der Waals surface area contributed by atoms with Gasteiger partial charge in [-0.2, -0.15) is 0 Å². The minimum atomic E-state index is -0.00132. The van der Waals surface area contributed by atoms with E-state index < -0.39 is 0 Å². The van der Waals surface area contributed by atoms with Crippen molar-refractivity contribution < 1.29 is 4.79 Å². The molecule has 0 amide bonds. The molecule has 0 aromatic carbocycles. The van der Waals surface area contributed by atoms with Gasteiger partial charge in [0.2, 0.25) is 0 Å². The molecule has 0 heterocycles. The van der Waals surface area contributed by atoms with E-state index >= 15 is 0 Å². The van der Waals surface area contributed by atoms with Crippen molar-refractivity contribution in [2.45, 2.75) is 72.1 Å². The fourth-order valence-corrected chi connectivity index (χ4v) is 7.44. The standard InChI is InChI=1S/C20H30O/c1-13-14-6-7-16-19(4)10-5-9-18(2,3)15(19)8-11-20(16,12-14)17(13)21/h14-16H,1,5-12H2,2-4H3/t14-,15+,16-,19+,20+/m0/s1. The van der Waals surface area contributed by atoms with Gasteiger partial charge in [0.25, 0.3) is 0 Å². The molecular formula is C20H30O. The number of fused-ring (bicyclic) bond motifs is 3. The molecule has 1 nitrogen and oxygen atoms in total. The number of ketones is 1. The van der Waals surface area contributed by atoms with Crippen LogP contribution in [0.3, 0.4) is 0 Å². The molecule has 4 fully saturated rings. The Kier molecular flexibility index (Phi) is 2.69. The first-order valence-corrected chi connectivity index (χ1v) is 9.05. The number of carbonyl (C=O) groups excluding carboxylic acids is 1. The fourth-order valence-electron chi connectivity index (χ4n) is 7.44. The van der Waals surface area contributed by atoms with Gasteiger partial charge in [-0.3, -0.25) is 4.79 Å². The van der Waals surface area contributed by atoms with E-state index in [9.17, 15) is 4.79 Å². The second-order valence-electron chi connectivity index (χ2n) is 9.48. The van der Waals surface area contributed by atoms with Crippen molar-refractivity contribution in [3.63, 3.8) is 0 Å². The molecule has 0 unspecified atom stereocenters. The summed E-state index contributed by atoms with van der Waals surface area (Å²) in [7, 11) is 0. The summed E-state index contributed by atoms with van der Waals surface area (Å²) in [4.78, 5) is 13.0. The van der Waals surface area contributed by atoms with E-state index in [4.69, 9.17) is 0 Å². The van der Waals surface area contributed by atoms with Crippen molar-refractivity contribution in [3.8, 4) is 0 Å². The van der Waals surface area contributed by atoms with Crippen LogP contribution in [0.2, 0.25) is 0 Å². The van der Waals surface area contributed by atoms with Crippen LogP contribution < -0.4 is 0 Å². The Morgan fingerprint density at radius 3 is 2.52 bits per heavy atom. The number of rotatable bonds is 0. The molecule has 0 saturated heterocycles. The van der Waals surface area contributed by atoms with E-state index in [0.717, 1.165) is 24.3 Å². The third-order valence-electron chi connectivity index (χ3n) is 8.27. The minimum Gasteiger partial charge on any atom is -0.294 e. The summed E-state index contributed by atoms with van der Waals surface area (Å²) < 4.78 is 0. The van der Waals surface area contributed by atoms with Crippen LogP contribution >= 0.6 is 0 Å². The molecule has 0 N–H and O–H groups in total. The smallest absolute Gasteiger partial charge is 0.165 e. The van der Waals surface area contributed by atoms with Crippen LogP contribution in [0.5, 0.6) is 0 Å². The molecule has 5 atom stereocenters. The SMILES string of the molecule is C=C1C(=O)[C@@]23CC[C@@H]4C(C)(C)CCC[C@@]4(C)[C@@H]2CC[C@H]1C3. The van der Waals surface area contributed by atoms with Crippen molar-refractivity contribution in [2.24, 2.45) is 34.0 Å². The molecule has 4 aliphatic rings. The molecule has 0 radical (unpaired) electrons. The Balaban J connectivity index is 1.79. The first-order chi connectivity index (χ1) is 9.81. The van der Waals surface area contributed by atoms with Gasteiger partial charge in [-0.05, 0) is 79.1 Å². The second kappa shape index (κ2) is 4.03. The average Bonchev–Trinajstić information content (AvgIpc) is 2.59. The molecule has 0 aromatic heterocycles. The van der Waals surface area contributed by atoms with Crippen LogP contribution in [0, 0.1) is 34.0 Å². The first-order valence-electron chi connectivity index (χ1n) is 9.05. The maximum absolute atomic E-state index is 13.0. The fraction of sp³-hybridized carbons (Fsp3) is 0.850. The van der Waals surface area contributed by atoms with Crippen molar-refractivity contribution in [1.29, 1.82) is 0 Å². The Morgan fingerprint density at radius 2 is 1.76 bits per heavy atom. The van der Waals surface area contributed by atoms with Gasteiger partial charge in [-0.25, -0.2) is 0 Å². The number of hydrogen-bond acceptors (Lipinski definition) is 1. The molecule has 2 bridgehead atoms. The van der Waals surface area contributed by atoms with Gasteiger partial charge >= 0.3 is 0 Å². The maximum atomic E-state index is 13.0. The van der Waals surface area contributed by atoms with Gasteiger partial charge in [-0.1, -0.05) is 33.8 Å². The largest absolute Gasteiger partial charge is 0.294 e. The lowest BCUT2D eigenvalue weighted by molar-refractivity contribution is -0.160. The Bertz CT molecular complexity index is 516. The summed E-state index contributed by atoms with van der Waals surface area (Å²) in [5.41, 5.74) is 1.84. The highest BCUT2D eigenvalue weighted by molar-refractivity contribution is 6.03. The number of allylic oxidation sites excluding steroid dienone is 1. The average molecular weight is 286 g/mol. The predicted molar refractivity (Wildman–Crippen MR) is 85.9 cm³/mol. The summed E-state index contributed by atoms with van der Waals surface area (Å²) >= 11 is 0. The summed E-state index contributed by atoms with van der Waals surface area (Å²) in [6.45, 7) is 11.7. The van der Waals surface area contributed by atoms with Gasteiger partial charge in [0.15, 0.2) is 5.78 Å². The van der Waals surface area contributed by atoms with Crippen LogP contribution in [0.25, 0.3) is 0 Å². The van der Waals surface area contributed by atoms with E-state index in [1.165, 1.54) is 38.5 Å². The highest BCUT2D eigenvalue weighted by Crippen LogP contribution is 2.70. The van der Waals surface area contributed by atoms with E-state index in [1.807, 2.05) is 0 Å². The third kappa shape index (κ3) is 1.56. The molecular weight excluding hydrogens is 256 g/mol. The predicted octanol–water partition coefficient (Wildman–Crippen LogP) is 5.15. The van der Waals surface area contributed by atoms with Crippen molar-refractivity contribution in [1.82, 2.24) is 0 Å². The zero-order chi connectivity index (χ0) is 15.0. The van der Waals surface area contributed by atoms with Gasteiger partial charge < -0.3 is 0 Å². The summed E-state index contributed by atoms with van der Waals surface area (Å²) in [5, 5.41) is 0. The zero-order valence-electron chi connectivity index (χ0n) is 14.0. The van der Waals surface area contributed by atoms with Crippen molar-refractivity contribution in [2.75, 3.05) is 0 Å².